The van der Waals surface area contributed by atoms with Gasteiger partial charge in [0.05, 0.1) is 12.2 Å². The fourth-order valence-corrected chi connectivity index (χ4v) is 1.76. The molecule has 5 heteroatoms. The van der Waals surface area contributed by atoms with Crippen LogP contribution in [0.25, 0.3) is 11.1 Å². The zero-order valence-corrected chi connectivity index (χ0v) is 9.71. The molecule has 0 spiro atoms. The first kappa shape index (κ1) is 13.5. The quantitative estimate of drug-likeness (QED) is 0.818. The van der Waals surface area contributed by atoms with Crippen LogP contribution < -0.4 is 0 Å². The molecule has 19 heavy (non-hydrogen) atoms. The molecule has 0 saturated carbocycles. The van der Waals surface area contributed by atoms with Crippen LogP contribution in [-0.4, -0.2) is 5.11 Å². The highest BCUT2D eigenvalue weighted by atomic mass is 19.4. The van der Waals surface area contributed by atoms with E-state index in [1.165, 1.54) is 24.3 Å². The van der Waals surface area contributed by atoms with E-state index in [1.54, 1.807) is 0 Å². The largest absolute Gasteiger partial charge is 0.416 e. The third-order valence-electron chi connectivity index (χ3n) is 2.71. The number of hydrogen-bond donors (Lipinski definition) is 1. The molecule has 0 radical (unpaired) electrons. The lowest BCUT2D eigenvalue weighted by Crippen LogP contribution is -2.04. The molecule has 0 aliphatic rings. The average Bonchev–Trinajstić information content (AvgIpc) is 2.38. The van der Waals surface area contributed by atoms with Crippen molar-refractivity contribution < 1.29 is 22.7 Å². The van der Waals surface area contributed by atoms with E-state index in [0.717, 1.165) is 18.2 Å². The molecule has 1 N–H and O–H groups in total. The van der Waals surface area contributed by atoms with E-state index in [4.69, 9.17) is 5.11 Å². The molecule has 2 aromatic carbocycles. The third-order valence-corrected chi connectivity index (χ3v) is 2.71. The van der Waals surface area contributed by atoms with Gasteiger partial charge in [-0.2, -0.15) is 13.2 Å². The Morgan fingerprint density at radius 2 is 1.74 bits per heavy atom. The smallest absolute Gasteiger partial charge is 0.392 e. The number of hydrogen-bond acceptors (Lipinski definition) is 1. The van der Waals surface area contributed by atoms with Crippen molar-refractivity contribution in [2.24, 2.45) is 0 Å². The molecule has 1 nitrogen and oxygen atoms in total. The first-order valence-corrected chi connectivity index (χ1v) is 5.49. The summed E-state index contributed by atoms with van der Waals surface area (Å²) >= 11 is 0. The van der Waals surface area contributed by atoms with E-state index >= 15 is 0 Å². The number of aliphatic hydroxyl groups excluding tert-OH is 1. The molecule has 0 aliphatic carbocycles. The van der Waals surface area contributed by atoms with Gasteiger partial charge in [0, 0.05) is 5.56 Å². The summed E-state index contributed by atoms with van der Waals surface area (Å²) in [7, 11) is 0. The summed E-state index contributed by atoms with van der Waals surface area (Å²) in [6.45, 7) is -0.299. The predicted octanol–water partition coefficient (Wildman–Crippen LogP) is 4.00. The second-order valence-corrected chi connectivity index (χ2v) is 4.05. The predicted molar refractivity (Wildman–Crippen MR) is 62.8 cm³/mol. The number of halogens is 4. The Balaban J connectivity index is 2.53. The molecule has 0 unspecified atom stereocenters. The van der Waals surface area contributed by atoms with Crippen molar-refractivity contribution in [3.05, 3.63) is 59.4 Å². The van der Waals surface area contributed by atoms with Crippen LogP contribution in [0.5, 0.6) is 0 Å². The van der Waals surface area contributed by atoms with Gasteiger partial charge in [-0.05, 0) is 35.4 Å². The van der Waals surface area contributed by atoms with Gasteiger partial charge in [0.2, 0.25) is 0 Å². The summed E-state index contributed by atoms with van der Waals surface area (Å²) in [5.74, 6) is -0.628. The van der Waals surface area contributed by atoms with Crippen LogP contribution >= 0.6 is 0 Å². The van der Waals surface area contributed by atoms with Crippen molar-refractivity contribution in [3.8, 4) is 11.1 Å². The van der Waals surface area contributed by atoms with Gasteiger partial charge in [-0.25, -0.2) is 4.39 Å². The molecule has 100 valence electrons. The molecule has 2 rings (SSSR count). The number of benzene rings is 2. The molecule has 2 aromatic rings. The Bertz CT molecular complexity index is 590. The molecule has 0 saturated heterocycles. The van der Waals surface area contributed by atoms with E-state index in [9.17, 15) is 17.6 Å². The lowest BCUT2D eigenvalue weighted by atomic mass is 10.0. The van der Waals surface area contributed by atoms with Crippen LogP contribution in [0.2, 0.25) is 0 Å². The van der Waals surface area contributed by atoms with Gasteiger partial charge >= 0.3 is 6.18 Å². The van der Waals surface area contributed by atoms with Gasteiger partial charge in [0.1, 0.15) is 5.82 Å². The zero-order chi connectivity index (χ0) is 14.0. The minimum Gasteiger partial charge on any atom is -0.392 e. The Morgan fingerprint density at radius 1 is 1.00 bits per heavy atom. The van der Waals surface area contributed by atoms with Crippen molar-refractivity contribution in [2.45, 2.75) is 12.8 Å². The highest BCUT2D eigenvalue weighted by molar-refractivity contribution is 5.65. The van der Waals surface area contributed by atoms with Crippen molar-refractivity contribution >= 4 is 0 Å². The van der Waals surface area contributed by atoms with E-state index in [0.29, 0.717) is 5.56 Å². The summed E-state index contributed by atoms with van der Waals surface area (Å²) in [4.78, 5) is 0. The highest BCUT2D eigenvalue weighted by Gasteiger charge is 2.30. The molecule has 0 amide bonds. The molecule has 0 bridgehead atoms. The number of rotatable bonds is 2. The third kappa shape index (κ3) is 2.93. The number of alkyl halides is 3. The van der Waals surface area contributed by atoms with Gasteiger partial charge in [-0.15, -0.1) is 0 Å². The zero-order valence-electron chi connectivity index (χ0n) is 9.71. The summed E-state index contributed by atoms with van der Waals surface area (Å²) < 4.78 is 51.4. The molecule has 0 heterocycles. The van der Waals surface area contributed by atoms with Crippen LogP contribution in [0.15, 0.2) is 42.5 Å². The summed E-state index contributed by atoms with van der Waals surface area (Å²) in [5, 5.41) is 8.98. The van der Waals surface area contributed by atoms with Crippen molar-refractivity contribution in [3.63, 3.8) is 0 Å². The van der Waals surface area contributed by atoms with E-state index in [-0.39, 0.29) is 17.7 Å². The topological polar surface area (TPSA) is 20.2 Å². The standard InChI is InChI=1S/C14H10F4O/c15-13-5-4-9(8-19)6-12(13)10-2-1-3-11(7-10)14(16,17)18/h1-7,19H,8H2. The van der Waals surface area contributed by atoms with Crippen LogP contribution in [0.4, 0.5) is 17.6 Å². The van der Waals surface area contributed by atoms with Crippen LogP contribution in [-0.2, 0) is 12.8 Å². The number of aliphatic hydroxyl groups is 1. The average molecular weight is 270 g/mol. The van der Waals surface area contributed by atoms with Gasteiger partial charge in [-0.3, -0.25) is 0 Å². The molecule has 0 atom stereocenters. The molecule has 0 aromatic heterocycles. The Labute approximate surface area is 107 Å². The fraction of sp³-hybridized carbons (Fsp3) is 0.143. The normalized spacial score (nSPS) is 11.6. The second kappa shape index (κ2) is 5.01. The van der Waals surface area contributed by atoms with Gasteiger partial charge in [0.25, 0.3) is 0 Å². The Kier molecular flexibility index (Phi) is 3.57. The van der Waals surface area contributed by atoms with Crippen molar-refractivity contribution in [1.82, 2.24) is 0 Å². The Hall–Kier alpha value is -1.88. The van der Waals surface area contributed by atoms with Crippen molar-refractivity contribution in [1.29, 1.82) is 0 Å². The lowest BCUT2D eigenvalue weighted by Gasteiger charge is -2.10. The molecule has 0 fully saturated rings. The maximum atomic E-state index is 13.7. The first-order valence-electron chi connectivity index (χ1n) is 5.49. The van der Waals surface area contributed by atoms with Crippen LogP contribution in [0.3, 0.4) is 0 Å². The lowest BCUT2D eigenvalue weighted by molar-refractivity contribution is -0.137. The Morgan fingerprint density at radius 3 is 2.37 bits per heavy atom. The fourth-order valence-electron chi connectivity index (χ4n) is 1.76. The van der Waals surface area contributed by atoms with Gasteiger partial charge in [-0.1, -0.05) is 18.2 Å². The molecular formula is C14H10F4O. The second-order valence-electron chi connectivity index (χ2n) is 4.05. The van der Waals surface area contributed by atoms with E-state index < -0.39 is 17.6 Å². The minimum atomic E-state index is -4.47. The van der Waals surface area contributed by atoms with Crippen LogP contribution in [0.1, 0.15) is 11.1 Å². The molecular weight excluding hydrogens is 260 g/mol. The van der Waals surface area contributed by atoms with Gasteiger partial charge < -0.3 is 5.11 Å². The minimum absolute atomic E-state index is 0.0395. The maximum Gasteiger partial charge on any atom is 0.416 e. The highest BCUT2D eigenvalue weighted by Crippen LogP contribution is 2.33. The van der Waals surface area contributed by atoms with Crippen molar-refractivity contribution in [2.75, 3.05) is 0 Å². The summed E-state index contributed by atoms with van der Waals surface area (Å²) in [5.41, 5.74) is -0.229. The van der Waals surface area contributed by atoms with E-state index in [2.05, 4.69) is 0 Å². The van der Waals surface area contributed by atoms with Gasteiger partial charge in [0.15, 0.2) is 0 Å². The maximum absolute atomic E-state index is 13.7. The molecule has 0 aliphatic heterocycles. The van der Waals surface area contributed by atoms with E-state index in [1.807, 2.05) is 0 Å². The van der Waals surface area contributed by atoms with Crippen LogP contribution in [0, 0.1) is 5.82 Å². The first-order chi connectivity index (χ1) is 8.91. The monoisotopic (exact) mass is 270 g/mol. The summed E-state index contributed by atoms with van der Waals surface area (Å²) in [6, 6.07) is 8.29. The SMILES string of the molecule is OCc1ccc(F)c(-c2cccc(C(F)(F)F)c2)c1. The summed E-state index contributed by atoms with van der Waals surface area (Å²) in [6.07, 6.45) is -4.47.